The first-order valence-corrected chi connectivity index (χ1v) is 17.5. The van der Waals surface area contributed by atoms with Gasteiger partial charge in [0.25, 0.3) is 0 Å². The van der Waals surface area contributed by atoms with Crippen LogP contribution in [0.4, 0.5) is 0 Å². The SMILES string of the molecule is CC(C)(C)c1cc(-c2ccccc2)ccc1-n1c(-c2ccc(C(C)(C)c3ccc(C(C)(C)c4ccccc4)cc3)cc2)nnc1C(C)(C)C. The Balaban J connectivity index is 1.38. The van der Waals surface area contributed by atoms with E-state index in [1.165, 1.54) is 38.9 Å². The summed E-state index contributed by atoms with van der Waals surface area (Å²) in [6, 6.07) is 46.3. The van der Waals surface area contributed by atoms with E-state index < -0.39 is 0 Å². The van der Waals surface area contributed by atoms with Gasteiger partial charge in [-0.1, -0.05) is 184 Å². The number of hydrogen-bond donors (Lipinski definition) is 0. The van der Waals surface area contributed by atoms with Gasteiger partial charge in [0.05, 0.1) is 5.69 Å². The van der Waals surface area contributed by atoms with Gasteiger partial charge in [-0.3, -0.25) is 4.57 Å². The maximum atomic E-state index is 4.85. The van der Waals surface area contributed by atoms with Crippen LogP contribution < -0.4 is 0 Å². The Bertz CT molecular complexity index is 2030. The second kappa shape index (κ2) is 12.6. The molecule has 0 amide bonds. The molecule has 0 N–H and O–H groups in total. The number of aromatic nitrogens is 3. The summed E-state index contributed by atoms with van der Waals surface area (Å²) in [4.78, 5) is 0. The molecule has 3 nitrogen and oxygen atoms in total. The first-order chi connectivity index (χ1) is 23.1. The first kappa shape index (κ1) is 34.1. The summed E-state index contributed by atoms with van der Waals surface area (Å²) in [5, 5.41) is 9.68. The predicted molar refractivity (Wildman–Crippen MR) is 207 cm³/mol. The van der Waals surface area contributed by atoms with Gasteiger partial charge < -0.3 is 0 Å². The Morgan fingerprint density at radius 2 is 0.857 bits per heavy atom. The number of hydrogen-bond acceptors (Lipinski definition) is 2. The highest BCUT2D eigenvalue weighted by molar-refractivity contribution is 5.69. The molecule has 0 unspecified atom stereocenters. The molecule has 6 rings (SSSR count). The molecular weight excluding hydrogens is 595 g/mol. The average Bonchev–Trinajstić information content (AvgIpc) is 3.55. The monoisotopic (exact) mass is 645 g/mol. The standard InChI is InChI=1S/C46H51N3/c1-43(2,3)39-31-34(32-17-13-11-14-18-32)23-30-40(39)49-41(47-48-42(49)44(4,5)6)33-21-24-36(25-22-33)46(9,10)38-28-26-37(27-29-38)45(7,8)35-19-15-12-16-20-35/h11-31H,1-10H3. The van der Waals surface area contributed by atoms with Crippen molar-refractivity contribution in [3.63, 3.8) is 0 Å². The second-order valence-electron chi connectivity index (χ2n) is 16.6. The van der Waals surface area contributed by atoms with Crippen LogP contribution in [0, 0.1) is 0 Å². The highest BCUT2D eigenvalue weighted by Crippen LogP contribution is 2.39. The third kappa shape index (κ3) is 6.64. The fraction of sp³-hybridized carbons (Fsp3) is 0.304. The lowest BCUT2D eigenvalue weighted by Gasteiger charge is -2.30. The van der Waals surface area contributed by atoms with Gasteiger partial charge in [0.1, 0.15) is 5.82 Å². The van der Waals surface area contributed by atoms with E-state index in [9.17, 15) is 0 Å². The van der Waals surface area contributed by atoms with Gasteiger partial charge in [-0.2, -0.15) is 0 Å². The molecule has 0 bridgehead atoms. The molecule has 0 fully saturated rings. The third-order valence-electron chi connectivity index (χ3n) is 10.2. The molecule has 0 aliphatic rings. The Hall–Kier alpha value is -4.76. The van der Waals surface area contributed by atoms with Crippen molar-refractivity contribution in [2.45, 2.75) is 90.9 Å². The van der Waals surface area contributed by atoms with E-state index in [-0.39, 0.29) is 21.7 Å². The van der Waals surface area contributed by atoms with Crippen LogP contribution in [0.3, 0.4) is 0 Å². The minimum atomic E-state index is -0.207. The molecule has 49 heavy (non-hydrogen) atoms. The molecule has 0 saturated carbocycles. The fourth-order valence-electron chi connectivity index (χ4n) is 6.85. The van der Waals surface area contributed by atoms with Crippen LogP contribution in [-0.2, 0) is 21.7 Å². The maximum Gasteiger partial charge on any atom is 0.168 e. The van der Waals surface area contributed by atoms with Crippen LogP contribution in [-0.4, -0.2) is 14.8 Å². The molecule has 0 spiro atoms. The van der Waals surface area contributed by atoms with E-state index in [1.807, 2.05) is 0 Å². The number of rotatable bonds is 7. The Labute approximate surface area is 294 Å². The van der Waals surface area contributed by atoms with Crippen molar-refractivity contribution < 1.29 is 0 Å². The number of benzene rings is 5. The van der Waals surface area contributed by atoms with Crippen molar-refractivity contribution in [3.05, 3.63) is 161 Å². The van der Waals surface area contributed by atoms with Crippen molar-refractivity contribution in [3.8, 4) is 28.2 Å². The molecule has 0 atom stereocenters. The molecule has 0 aliphatic carbocycles. The third-order valence-corrected chi connectivity index (χ3v) is 10.2. The van der Waals surface area contributed by atoms with Gasteiger partial charge in [-0.15, -0.1) is 10.2 Å². The molecule has 0 radical (unpaired) electrons. The summed E-state index contributed by atoms with van der Waals surface area (Å²) in [6.07, 6.45) is 0. The highest BCUT2D eigenvalue weighted by Gasteiger charge is 2.30. The van der Waals surface area contributed by atoms with Crippen LogP contribution in [0.5, 0.6) is 0 Å². The van der Waals surface area contributed by atoms with E-state index >= 15 is 0 Å². The summed E-state index contributed by atoms with van der Waals surface area (Å²) in [7, 11) is 0. The van der Waals surface area contributed by atoms with Crippen molar-refractivity contribution in [2.75, 3.05) is 0 Å². The van der Waals surface area contributed by atoms with Crippen LogP contribution in [0.1, 0.15) is 103 Å². The Kier molecular flexibility index (Phi) is 8.77. The lowest BCUT2D eigenvalue weighted by atomic mass is 9.74. The fourth-order valence-corrected chi connectivity index (χ4v) is 6.85. The van der Waals surface area contributed by atoms with Gasteiger partial charge in [0.15, 0.2) is 5.82 Å². The van der Waals surface area contributed by atoms with Crippen molar-refractivity contribution in [1.29, 1.82) is 0 Å². The zero-order valence-electron chi connectivity index (χ0n) is 31.0. The predicted octanol–water partition coefficient (Wildman–Crippen LogP) is 11.8. The lowest BCUT2D eigenvalue weighted by Crippen LogP contribution is -2.22. The molecule has 6 aromatic rings. The molecule has 0 saturated heterocycles. The van der Waals surface area contributed by atoms with Crippen LogP contribution in [0.15, 0.2) is 127 Å². The highest BCUT2D eigenvalue weighted by atomic mass is 15.3. The van der Waals surface area contributed by atoms with Crippen molar-refractivity contribution in [1.82, 2.24) is 14.8 Å². The van der Waals surface area contributed by atoms with Crippen molar-refractivity contribution in [2.24, 2.45) is 0 Å². The minimum Gasteiger partial charge on any atom is -0.278 e. The summed E-state index contributed by atoms with van der Waals surface area (Å²) >= 11 is 0. The lowest BCUT2D eigenvalue weighted by molar-refractivity contribution is 0.528. The van der Waals surface area contributed by atoms with Crippen LogP contribution in [0.2, 0.25) is 0 Å². The number of nitrogens with zero attached hydrogens (tertiary/aromatic N) is 3. The van der Waals surface area contributed by atoms with E-state index in [2.05, 4.69) is 201 Å². The zero-order chi connectivity index (χ0) is 35.2. The molecule has 1 aromatic heterocycles. The Morgan fingerprint density at radius 3 is 1.35 bits per heavy atom. The van der Waals surface area contributed by atoms with Crippen LogP contribution in [0.25, 0.3) is 28.2 Å². The van der Waals surface area contributed by atoms with Gasteiger partial charge in [-0.05, 0) is 56.5 Å². The molecule has 0 aliphatic heterocycles. The summed E-state index contributed by atoms with van der Waals surface area (Å²) in [5.41, 5.74) is 10.5. The summed E-state index contributed by atoms with van der Waals surface area (Å²) in [5.74, 6) is 1.81. The maximum absolute atomic E-state index is 4.85. The van der Waals surface area contributed by atoms with Gasteiger partial charge in [-0.25, -0.2) is 0 Å². The minimum absolute atomic E-state index is 0.0673. The smallest absolute Gasteiger partial charge is 0.168 e. The molecular formula is C46H51N3. The van der Waals surface area contributed by atoms with Gasteiger partial charge >= 0.3 is 0 Å². The normalized spacial score (nSPS) is 12.7. The molecule has 3 heteroatoms. The second-order valence-corrected chi connectivity index (χ2v) is 16.6. The summed E-state index contributed by atoms with van der Waals surface area (Å²) < 4.78 is 2.29. The van der Waals surface area contributed by atoms with E-state index in [4.69, 9.17) is 10.2 Å². The molecule has 250 valence electrons. The topological polar surface area (TPSA) is 30.7 Å². The Morgan fingerprint density at radius 1 is 0.408 bits per heavy atom. The van der Waals surface area contributed by atoms with Gasteiger partial charge in [0.2, 0.25) is 0 Å². The molecule has 1 heterocycles. The molecule has 5 aromatic carbocycles. The van der Waals surface area contributed by atoms with E-state index in [0.29, 0.717) is 0 Å². The van der Waals surface area contributed by atoms with E-state index in [1.54, 1.807) is 0 Å². The van der Waals surface area contributed by atoms with Crippen LogP contribution >= 0.6 is 0 Å². The first-order valence-electron chi connectivity index (χ1n) is 17.5. The quantitative estimate of drug-likeness (QED) is 0.173. The van der Waals surface area contributed by atoms with E-state index in [0.717, 1.165) is 22.9 Å². The zero-order valence-corrected chi connectivity index (χ0v) is 31.0. The van der Waals surface area contributed by atoms with Crippen molar-refractivity contribution >= 4 is 0 Å². The van der Waals surface area contributed by atoms with Gasteiger partial charge in [0, 0.05) is 21.8 Å². The largest absolute Gasteiger partial charge is 0.278 e. The summed E-state index contributed by atoms with van der Waals surface area (Å²) in [6.45, 7) is 22.7. The average molecular weight is 646 g/mol.